The van der Waals surface area contributed by atoms with Crippen LogP contribution in [0.3, 0.4) is 0 Å². The number of hydrogen-bond donors (Lipinski definition) is 1. The van der Waals surface area contributed by atoms with Crippen LogP contribution in [0.4, 0.5) is 0 Å². The molecule has 0 spiro atoms. The first-order chi connectivity index (χ1) is 22.8. The molecule has 8 rings (SSSR count). The van der Waals surface area contributed by atoms with Crippen molar-refractivity contribution < 1.29 is 4.99 Å². The first-order valence-corrected chi connectivity index (χ1v) is 15.7. The van der Waals surface area contributed by atoms with Gasteiger partial charge in [0.05, 0.1) is 0 Å². The molecule has 1 N–H and O–H groups in total. The third-order valence-electron chi connectivity index (χ3n) is 8.44. The van der Waals surface area contributed by atoms with Crippen LogP contribution in [0.15, 0.2) is 152 Å². The molecule has 0 saturated heterocycles. The van der Waals surface area contributed by atoms with Gasteiger partial charge in [0.25, 0.3) is 0 Å². The second-order valence-electron chi connectivity index (χ2n) is 11.5. The van der Waals surface area contributed by atoms with Crippen LogP contribution >= 0.6 is 0 Å². The third-order valence-corrected chi connectivity index (χ3v) is 8.44. The SMILES string of the molecule is C1=[NH+]C(c2ccc(-c3cc(-c4nc(-c5ccccc5)nc(-c5ccccc5)n4)cc(-c4cccc5ccccc45)c3)cc2)=CCC1. The Morgan fingerprint density at radius 3 is 1.65 bits per heavy atom. The lowest BCUT2D eigenvalue weighted by molar-refractivity contribution is -0.340. The van der Waals surface area contributed by atoms with Gasteiger partial charge in [-0.1, -0.05) is 115 Å². The van der Waals surface area contributed by atoms with Crippen molar-refractivity contribution in [1.82, 2.24) is 15.0 Å². The summed E-state index contributed by atoms with van der Waals surface area (Å²) in [5, 5.41) is 2.42. The number of nitrogens with one attached hydrogen (secondary N) is 1. The van der Waals surface area contributed by atoms with Crippen LogP contribution in [0.1, 0.15) is 18.4 Å². The van der Waals surface area contributed by atoms with E-state index in [1.54, 1.807) is 0 Å². The number of rotatable bonds is 6. The Hall–Kier alpha value is -6.00. The summed E-state index contributed by atoms with van der Waals surface area (Å²) in [4.78, 5) is 18.5. The summed E-state index contributed by atoms with van der Waals surface area (Å²) >= 11 is 0. The van der Waals surface area contributed by atoms with Crippen LogP contribution in [-0.2, 0) is 0 Å². The number of hydrogen-bond acceptors (Lipinski definition) is 3. The van der Waals surface area contributed by atoms with Crippen LogP contribution in [0.5, 0.6) is 0 Å². The molecule has 46 heavy (non-hydrogen) atoms. The highest BCUT2D eigenvalue weighted by Crippen LogP contribution is 2.36. The maximum Gasteiger partial charge on any atom is 0.206 e. The quantitative estimate of drug-likeness (QED) is 0.211. The average molecular weight is 592 g/mol. The predicted molar refractivity (Wildman–Crippen MR) is 189 cm³/mol. The van der Waals surface area contributed by atoms with Crippen molar-refractivity contribution in [2.75, 3.05) is 0 Å². The third kappa shape index (κ3) is 5.53. The molecule has 7 aromatic rings. The molecule has 1 aliphatic heterocycles. The standard InChI is InChI=1S/C42H30N4/c1-3-13-32(14-4-1)40-44-41(33-15-5-2-6-16-33)46-42(45-40)36-27-34(29-21-23-31(24-22-29)39-20-9-10-25-43-39)26-35(28-36)38-19-11-17-30-12-7-8-18-37(30)38/h1-8,11-28H,9-10H2/p+1. The lowest BCUT2D eigenvalue weighted by Gasteiger charge is -2.14. The van der Waals surface area contributed by atoms with Crippen LogP contribution in [0, 0.1) is 0 Å². The summed E-state index contributed by atoms with van der Waals surface area (Å²) in [7, 11) is 0. The fraction of sp³-hybridized carbons (Fsp3) is 0.0476. The molecule has 0 aliphatic carbocycles. The van der Waals surface area contributed by atoms with E-state index in [-0.39, 0.29) is 0 Å². The van der Waals surface area contributed by atoms with Crippen molar-refractivity contribution in [1.29, 1.82) is 0 Å². The number of benzene rings is 6. The van der Waals surface area contributed by atoms with Gasteiger partial charge in [-0.15, -0.1) is 0 Å². The van der Waals surface area contributed by atoms with E-state index in [2.05, 4.69) is 102 Å². The van der Waals surface area contributed by atoms with Gasteiger partial charge in [0, 0.05) is 28.7 Å². The highest BCUT2D eigenvalue weighted by atomic mass is 15.0. The van der Waals surface area contributed by atoms with Gasteiger partial charge in [-0.05, 0) is 75.9 Å². The van der Waals surface area contributed by atoms with Crippen molar-refractivity contribution in [3.05, 3.63) is 157 Å². The molecule has 6 aromatic carbocycles. The Morgan fingerprint density at radius 1 is 0.413 bits per heavy atom. The Morgan fingerprint density at radius 2 is 0.978 bits per heavy atom. The minimum absolute atomic E-state index is 0.639. The van der Waals surface area contributed by atoms with E-state index < -0.39 is 0 Å². The van der Waals surface area contributed by atoms with Gasteiger partial charge in [0.15, 0.2) is 17.5 Å². The predicted octanol–water partition coefficient (Wildman–Crippen LogP) is 8.65. The Labute approximate surface area is 268 Å². The minimum atomic E-state index is 0.639. The fourth-order valence-corrected chi connectivity index (χ4v) is 6.09. The molecular formula is C42H31N4+. The zero-order chi connectivity index (χ0) is 30.7. The topological polar surface area (TPSA) is 52.6 Å². The van der Waals surface area contributed by atoms with Crippen molar-refractivity contribution >= 4 is 22.7 Å². The number of nitrogens with zero attached hydrogens (tertiary/aromatic N) is 3. The molecule has 1 aliphatic rings. The van der Waals surface area contributed by atoms with E-state index in [0.29, 0.717) is 17.5 Å². The summed E-state index contributed by atoms with van der Waals surface area (Å²) in [6.07, 6.45) is 6.51. The summed E-state index contributed by atoms with van der Waals surface area (Å²) in [5.41, 5.74) is 9.71. The van der Waals surface area contributed by atoms with Crippen LogP contribution in [0.2, 0.25) is 0 Å². The van der Waals surface area contributed by atoms with E-state index in [4.69, 9.17) is 15.0 Å². The number of allylic oxidation sites excluding steroid dienone is 1. The Balaban J connectivity index is 1.33. The molecule has 0 saturated carbocycles. The maximum absolute atomic E-state index is 5.07. The molecule has 4 nitrogen and oxygen atoms in total. The monoisotopic (exact) mass is 591 g/mol. The zero-order valence-electron chi connectivity index (χ0n) is 25.3. The largest absolute Gasteiger partial charge is 0.215 e. The van der Waals surface area contributed by atoms with Gasteiger partial charge in [0.1, 0.15) is 6.21 Å². The van der Waals surface area contributed by atoms with E-state index >= 15 is 0 Å². The molecule has 0 radical (unpaired) electrons. The highest BCUT2D eigenvalue weighted by molar-refractivity contribution is 5.98. The minimum Gasteiger partial charge on any atom is -0.215 e. The lowest BCUT2D eigenvalue weighted by atomic mass is 9.92. The van der Waals surface area contributed by atoms with Crippen LogP contribution < -0.4 is 4.99 Å². The average Bonchev–Trinajstić information content (AvgIpc) is 3.15. The van der Waals surface area contributed by atoms with E-state index in [1.807, 2.05) is 60.7 Å². The molecular weight excluding hydrogens is 560 g/mol. The molecule has 0 unspecified atom stereocenters. The first-order valence-electron chi connectivity index (χ1n) is 15.7. The highest BCUT2D eigenvalue weighted by Gasteiger charge is 2.16. The zero-order valence-corrected chi connectivity index (χ0v) is 25.3. The summed E-state index contributed by atoms with van der Waals surface area (Å²) < 4.78 is 0. The molecule has 218 valence electrons. The van der Waals surface area contributed by atoms with Crippen molar-refractivity contribution in [2.24, 2.45) is 0 Å². The second kappa shape index (κ2) is 12.2. The molecule has 2 heterocycles. The smallest absolute Gasteiger partial charge is 0.206 e. The van der Waals surface area contributed by atoms with Gasteiger partial charge >= 0.3 is 0 Å². The van der Waals surface area contributed by atoms with E-state index in [1.165, 1.54) is 21.9 Å². The van der Waals surface area contributed by atoms with E-state index in [0.717, 1.165) is 51.9 Å². The van der Waals surface area contributed by atoms with Crippen molar-refractivity contribution in [3.8, 4) is 56.4 Å². The number of aromatic nitrogens is 3. The van der Waals surface area contributed by atoms with Gasteiger partial charge in [0.2, 0.25) is 5.70 Å². The van der Waals surface area contributed by atoms with Crippen LogP contribution in [0.25, 0.3) is 72.9 Å². The van der Waals surface area contributed by atoms with Gasteiger partial charge in [-0.25, -0.2) is 19.9 Å². The molecule has 0 atom stereocenters. The molecule has 0 amide bonds. The summed E-state index contributed by atoms with van der Waals surface area (Å²) in [5.74, 6) is 1.94. The number of fused-ring (bicyclic) bond motifs is 1. The maximum atomic E-state index is 5.07. The van der Waals surface area contributed by atoms with Crippen LogP contribution in [-0.4, -0.2) is 21.2 Å². The van der Waals surface area contributed by atoms with Crippen molar-refractivity contribution in [3.63, 3.8) is 0 Å². The van der Waals surface area contributed by atoms with Gasteiger partial charge in [-0.3, -0.25) is 0 Å². The normalized spacial score (nSPS) is 12.7. The first kappa shape index (κ1) is 27.5. The fourth-order valence-electron chi connectivity index (χ4n) is 6.09. The van der Waals surface area contributed by atoms with Gasteiger partial charge < -0.3 is 0 Å². The lowest BCUT2D eigenvalue weighted by Crippen LogP contribution is -2.66. The Bertz CT molecular complexity index is 2170. The van der Waals surface area contributed by atoms with Gasteiger partial charge in [-0.2, -0.15) is 0 Å². The molecule has 0 fully saturated rings. The van der Waals surface area contributed by atoms with E-state index in [9.17, 15) is 0 Å². The molecule has 1 aromatic heterocycles. The summed E-state index contributed by atoms with van der Waals surface area (Å²) in [6.45, 7) is 0. The summed E-state index contributed by atoms with van der Waals surface area (Å²) in [6, 6.07) is 50.8. The molecule has 4 heteroatoms. The molecule has 0 bridgehead atoms. The Kier molecular flexibility index (Phi) is 7.29. The second-order valence-corrected chi connectivity index (χ2v) is 11.5. The van der Waals surface area contributed by atoms with Crippen molar-refractivity contribution in [2.45, 2.75) is 12.8 Å².